The number of rotatable bonds is 4. The van der Waals surface area contributed by atoms with E-state index in [0.717, 1.165) is 48.6 Å². The molecule has 3 aliphatic heterocycles. The summed E-state index contributed by atoms with van der Waals surface area (Å²) >= 11 is 0. The van der Waals surface area contributed by atoms with E-state index in [1.165, 1.54) is 18.2 Å². The third kappa shape index (κ3) is 6.36. The van der Waals surface area contributed by atoms with Crippen LogP contribution in [0.3, 0.4) is 0 Å². The van der Waals surface area contributed by atoms with Crippen LogP contribution in [0.2, 0.25) is 0 Å². The Balaban J connectivity index is 1.60. The quantitative estimate of drug-likeness (QED) is 0.137. The second kappa shape index (κ2) is 13.5. The Labute approximate surface area is 291 Å². The van der Waals surface area contributed by atoms with Crippen LogP contribution in [0.1, 0.15) is 28.2 Å². The highest BCUT2D eigenvalue weighted by Gasteiger charge is 2.47. The normalized spacial score (nSPS) is 23.0. The molecule has 6 unspecified atom stereocenters. The van der Waals surface area contributed by atoms with Crippen LogP contribution in [0.25, 0.3) is 12.2 Å². The molecule has 0 saturated heterocycles. The van der Waals surface area contributed by atoms with Crippen LogP contribution in [-0.4, -0.2) is 101 Å². The Morgan fingerprint density at radius 1 is 0.808 bits per heavy atom. The lowest BCUT2D eigenvalue weighted by atomic mass is 9.71. The molecule has 1 aliphatic carbocycles. The number of phenols is 5. The number of aliphatic hydroxyl groups is 2. The number of carbonyl (C=O) groups excluding carboxylic acids is 2. The zero-order valence-electron chi connectivity index (χ0n) is 26.3. The summed E-state index contributed by atoms with van der Waals surface area (Å²) in [6.07, 6.45) is -3.89. The predicted octanol–water partition coefficient (Wildman–Crippen LogP) is 1.81. The topological polar surface area (TPSA) is 287 Å². The van der Waals surface area contributed by atoms with Gasteiger partial charge in [0.05, 0.1) is 18.1 Å². The van der Waals surface area contributed by atoms with Gasteiger partial charge in [-0.25, -0.2) is 14.4 Å². The largest absolute Gasteiger partial charge is 0.504 e. The molecule has 0 amide bonds. The average Bonchev–Trinajstić information content (AvgIpc) is 3.10. The van der Waals surface area contributed by atoms with Crippen molar-refractivity contribution >= 4 is 36.0 Å². The lowest BCUT2D eigenvalue weighted by Crippen LogP contribution is -2.53. The molecule has 0 spiro atoms. The molecule has 17 heteroatoms. The highest BCUT2D eigenvalue weighted by Crippen LogP contribution is 2.49. The highest BCUT2D eigenvalue weighted by atomic mass is 16.6. The molecule has 17 nitrogen and oxygen atoms in total. The molecule has 3 aromatic rings. The first-order chi connectivity index (χ1) is 24.7. The first-order valence-electron chi connectivity index (χ1n) is 15.2. The number of benzene rings is 3. The summed E-state index contributed by atoms with van der Waals surface area (Å²) in [5.74, 6) is -14.2. The van der Waals surface area contributed by atoms with Crippen LogP contribution in [0.4, 0.5) is 0 Å². The van der Waals surface area contributed by atoms with Gasteiger partial charge in [-0.15, -0.1) is 0 Å². The summed E-state index contributed by atoms with van der Waals surface area (Å²) in [6, 6.07) is 7.97. The van der Waals surface area contributed by atoms with Gasteiger partial charge in [0.25, 0.3) is 0 Å². The maximum atomic E-state index is 14.0. The SMILES string of the molecule is O=C1C=Cc2ccc(O)c(O)c2Oc2ccc(cc2O)C2c3cc(O)c(O)cc3C=C(C(=O)OC3C=C(C(=O)O)OC(C(O)CO)C3O1)C2C(=O)O. The van der Waals surface area contributed by atoms with E-state index in [2.05, 4.69) is 0 Å². The highest BCUT2D eigenvalue weighted by molar-refractivity contribution is 6.02. The van der Waals surface area contributed by atoms with Crippen molar-refractivity contribution in [2.75, 3.05) is 6.61 Å². The monoisotopic (exact) mass is 720 g/mol. The summed E-state index contributed by atoms with van der Waals surface area (Å²) in [5, 5.41) is 93.2. The minimum Gasteiger partial charge on any atom is -0.504 e. The van der Waals surface area contributed by atoms with Gasteiger partial charge >= 0.3 is 23.9 Å². The maximum Gasteiger partial charge on any atom is 0.370 e. The van der Waals surface area contributed by atoms with E-state index in [-0.39, 0.29) is 28.0 Å². The number of fused-ring (bicyclic) bond motifs is 6. The molecule has 0 radical (unpaired) electrons. The number of hydrogen-bond acceptors (Lipinski definition) is 15. The number of aliphatic carboxylic acids is 2. The summed E-state index contributed by atoms with van der Waals surface area (Å²) < 4.78 is 22.1. The van der Waals surface area contributed by atoms with Crippen molar-refractivity contribution in [3.05, 3.63) is 88.2 Å². The molecule has 4 aliphatic rings. The Bertz CT molecular complexity index is 2100. The van der Waals surface area contributed by atoms with Crippen molar-refractivity contribution in [2.24, 2.45) is 5.92 Å². The molecule has 3 aromatic carbocycles. The molecule has 0 aromatic heterocycles. The van der Waals surface area contributed by atoms with E-state index in [1.807, 2.05) is 0 Å². The number of aromatic hydroxyl groups is 5. The number of carboxylic acids is 2. The number of ether oxygens (including phenoxy) is 4. The van der Waals surface area contributed by atoms with E-state index in [1.54, 1.807) is 0 Å². The summed E-state index contributed by atoms with van der Waals surface area (Å²) in [6.45, 7) is -1.04. The Morgan fingerprint density at radius 3 is 2.21 bits per heavy atom. The van der Waals surface area contributed by atoms with Gasteiger partial charge in [-0.2, -0.15) is 0 Å². The first-order valence-corrected chi connectivity index (χ1v) is 15.2. The van der Waals surface area contributed by atoms with Gasteiger partial charge in [-0.05, 0) is 65.2 Å². The van der Waals surface area contributed by atoms with Gasteiger partial charge < -0.3 is 64.9 Å². The summed E-state index contributed by atoms with van der Waals surface area (Å²) in [5.41, 5.74) is -0.482. The summed E-state index contributed by atoms with van der Waals surface area (Å²) in [7, 11) is 0. The minimum absolute atomic E-state index is 0.0312. The third-order valence-corrected chi connectivity index (χ3v) is 8.59. The van der Waals surface area contributed by atoms with Gasteiger partial charge in [0.1, 0.15) is 6.10 Å². The van der Waals surface area contributed by atoms with Crippen molar-refractivity contribution in [3.8, 4) is 40.2 Å². The first kappa shape index (κ1) is 35.1. The number of hydrogen-bond donors (Lipinski definition) is 9. The van der Waals surface area contributed by atoms with Gasteiger partial charge in [-0.1, -0.05) is 6.07 Å². The zero-order valence-corrected chi connectivity index (χ0v) is 26.3. The molecule has 4 bridgehead atoms. The lowest BCUT2D eigenvalue weighted by Gasteiger charge is -2.37. The Kier molecular flexibility index (Phi) is 9.14. The third-order valence-electron chi connectivity index (χ3n) is 8.59. The molecule has 7 rings (SSSR count). The zero-order chi connectivity index (χ0) is 37.6. The van der Waals surface area contributed by atoms with Crippen molar-refractivity contribution in [2.45, 2.75) is 30.3 Å². The standard InChI is InChI=1S/C35H28O17/c36-12-22(41)31-32-24(11-25(50-31)33(44)45)51-35(48)17-7-15-9-19(38)20(39)10-16(15)27(28(17)34(46)47)14-2-5-23(21(40)8-14)49-30-13(3-6-26(42)52-32)1-4-18(37)29(30)43/h1-11,22,24,27-28,31-32,36-41,43H,12H2,(H,44,45)(H,46,47). The number of esters is 2. The fourth-order valence-corrected chi connectivity index (χ4v) is 6.16. The second-order valence-electron chi connectivity index (χ2n) is 11.8. The smallest absolute Gasteiger partial charge is 0.370 e. The van der Waals surface area contributed by atoms with E-state index in [0.29, 0.717) is 0 Å². The van der Waals surface area contributed by atoms with Gasteiger partial charge in [-0.3, -0.25) is 4.79 Å². The van der Waals surface area contributed by atoms with Gasteiger partial charge in [0, 0.05) is 23.6 Å². The maximum absolute atomic E-state index is 14.0. The molecule has 0 fully saturated rings. The Morgan fingerprint density at radius 2 is 1.54 bits per heavy atom. The molecule has 3 heterocycles. The molecule has 52 heavy (non-hydrogen) atoms. The van der Waals surface area contributed by atoms with E-state index < -0.39 is 113 Å². The fourth-order valence-electron chi connectivity index (χ4n) is 6.16. The predicted molar refractivity (Wildman–Crippen MR) is 171 cm³/mol. The number of phenolic OH excluding ortho intramolecular Hbond substituents is 5. The van der Waals surface area contributed by atoms with E-state index in [4.69, 9.17) is 18.9 Å². The van der Waals surface area contributed by atoms with Crippen molar-refractivity contribution in [3.63, 3.8) is 0 Å². The molecule has 6 atom stereocenters. The number of carboxylic acid groups (broad SMARTS) is 2. The van der Waals surface area contributed by atoms with Crippen molar-refractivity contribution in [1.29, 1.82) is 0 Å². The van der Waals surface area contributed by atoms with E-state index in [9.17, 15) is 65.1 Å². The van der Waals surface area contributed by atoms with Crippen molar-refractivity contribution in [1.82, 2.24) is 0 Å². The van der Waals surface area contributed by atoms with Crippen LogP contribution >= 0.6 is 0 Å². The lowest BCUT2D eigenvalue weighted by molar-refractivity contribution is -0.185. The molecular weight excluding hydrogens is 692 g/mol. The van der Waals surface area contributed by atoms with Crippen LogP contribution < -0.4 is 4.74 Å². The van der Waals surface area contributed by atoms with Gasteiger partial charge in [0.2, 0.25) is 11.5 Å². The average molecular weight is 721 g/mol. The molecule has 9 N–H and O–H groups in total. The summed E-state index contributed by atoms with van der Waals surface area (Å²) in [4.78, 5) is 52.2. The van der Waals surface area contributed by atoms with E-state index >= 15 is 0 Å². The minimum atomic E-state index is -1.92. The molecule has 270 valence electrons. The Hall–Kier alpha value is -6.72. The number of carbonyl (C=O) groups is 4. The number of aliphatic hydroxyl groups excluding tert-OH is 2. The molecule has 0 saturated carbocycles. The molecular formula is C35H28O17. The van der Waals surface area contributed by atoms with Crippen molar-refractivity contribution < 1.29 is 84.1 Å². The van der Waals surface area contributed by atoms with Crippen LogP contribution in [0.5, 0.6) is 40.2 Å². The second-order valence-corrected chi connectivity index (χ2v) is 11.8. The fraction of sp³-hybridized carbons (Fsp3) is 0.200. The van der Waals surface area contributed by atoms with Crippen LogP contribution in [-0.2, 0) is 33.4 Å². The van der Waals surface area contributed by atoms with Crippen LogP contribution in [0.15, 0.2) is 65.9 Å². The van der Waals surface area contributed by atoms with Crippen LogP contribution in [0, 0.1) is 5.92 Å². The van der Waals surface area contributed by atoms with Gasteiger partial charge in [0.15, 0.2) is 52.8 Å².